The van der Waals surface area contributed by atoms with E-state index >= 15 is 0 Å². The van der Waals surface area contributed by atoms with Crippen molar-refractivity contribution < 1.29 is 14.7 Å². The Kier molecular flexibility index (Phi) is 6.05. The molecule has 0 unspecified atom stereocenters. The summed E-state index contributed by atoms with van der Waals surface area (Å²) in [4.78, 5) is 23.7. The smallest absolute Gasteiger partial charge is 0.337 e. The summed E-state index contributed by atoms with van der Waals surface area (Å²) in [6, 6.07) is 16.0. The molecule has 0 radical (unpaired) electrons. The van der Waals surface area contributed by atoms with Gasteiger partial charge in [-0.15, -0.1) is 0 Å². The Morgan fingerprint density at radius 2 is 1.31 bits per heavy atom. The first-order valence-electron chi connectivity index (χ1n) is 8.30. The molecule has 0 saturated carbocycles. The third-order valence-corrected chi connectivity index (χ3v) is 4.88. The molecule has 148 valence electrons. The number of nitrogens with two attached hydrogens (primary N) is 2. The zero-order chi connectivity index (χ0) is 21.1. The van der Waals surface area contributed by atoms with Gasteiger partial charge in [0.15, 0.2) is 6.29 Å². The molecular formula is C20H16Cl2N4O3. The van der Waals surface area contributed by atoms with Gasteiger partial charge in [0.1, 0.15) is 0 Å². The lowest BCUT2D eigenvalue weighted by atomic mass is 10.0. The number of nitrogens with zero attached hydrogens (tertiary/aromatic N) is 2. The number of halogens is 2. The van der Waals surface area contributed by atoms with Gasteiger partial charge in [0, 0.05) is 5.56 Å². The lowest BCUT2D eigenvalue weighted by Crippen LogP contribution is -2.30. The van der Waals surface area contributed by atoms with Gasteiger partial charge in [-0.05, 0) is 36.4 Å². The van der Waals surface area contributed by atoms with Crippen LogP contribution in [0.25, 0.3) is 0 Å². The Hall–Kier alpha value is -3.10. The number of hydrazine groups is 2. The Morgan fingerprint density at radius 1 is 0.828 bits per heavy atom. The van der Waals surface area contributed by atoms with Crippen molar-refractivity contribution >= 4 is 58.2 Å². The van der Waals surface area contributed by atoms with E-state index < -0.39 is 5.97 Å². The summed E-state index contributed by atoms with van der Waals surface area (Å²) in [7, 11) is 0. The van der Waals surface area contributed by atoms with Crippen LogP contribution in [0.3, 0.4) is 0 Å². The van der Waals surface area contributed by atoms with Crippen LogP contribution in [0.1, 0.15) is 20.7 Å². The first kappa shape index (κ1) is 20.6. The molecule has 0 spiro atoms. The largest absolute Gasteiger partial charge is 0.478 e. The summed E-state index contributed by atoms with van der Waals surface area (Å²) in [6.07, 6.45) is 0.557. The summed E-state index contributed by atoms with van der Waals surface area (Å²) in [5.41, 5.74) is 0.949. The number of hydrogen-bond acceptors (Lipinski definition) is 6. The van der Waals surface area contributed by atoms with Crippen molar-refractivity contribution in [2.75, 3.05) is 10.0 Å². The van der Waals surface area contributed by atoms with E-state index in [0.717, 1.165) is 10.0 Å². The van der Waals surface area contributed by atoms with Gasteiger partial charge in [-0.3, -0.25) is 14.8 Å². The van der Waals surface area contributed by atoms with Gasteiger partial charge >= 0.3 is 5.97 Å². The normalized spacial score (nSPS) is 10.5. The quantitative estimate of drug-likeness (QED) is 0.299. The maximum atomic E-state index is 11.9. The second-order valence-electron chi connectivity index (χ2n) is 5.99. The van der Waals surface area contributed by atoms with E-state index in [2.05, 4.69) is 0 Å². The van der Waals surface area contributed by atoms with Gasteiger partial charge in [0.05, 0.1) is 38.4 Å². The molecular weight excluding hydrogens is 415 g/mol. The van der Waals surface area contributed by atoms with Crippen molar-refractivity contribution in [3.05, 3.63) is 81.8 Å². The number of benzene rings is 3. The molecule has 9 heteroatoms. The maximum Gasteiger partial charge on any atom is 0.337 e. The molecule has 3 aromatic rings. The number of anilines is 4. The Balaban J connectivity index is 2.18. The highest BCUT2D eigenvalue weighted by molar-refractivity contribution is 6.33. The molecule has 0 aliphatic carbocycles. The van der Waals surface area contributed by atoms with Gasteiger partial charge in [0.25, 0.3) is 0 Å². The molecule has 29 heavy (non-hydrogen) atoms. The first-order chi connectivity index (χ1) is 13.8. The van der Waals surface area contributed by atoms with Crippen LogP contribution < -0.4 is 21.7 Å². The molecule has 0 amide bonds. The lowest BCUT2D eigenvalue weighted by Gasteiger charge is -2.26. The summed E-state index contributed by atoms with van der Waals surface area (Å²) >= 11 is 12.3. The van der Waals surface area contributed by atoms with Crippen molar-refractivity contribution in [2.45, 2.75) is 0 Å². The zero-order valence-corrected chi connectivity index (χ0v) is 16.4. The van der Waals surface area contributed by atoms with Gasteiger partial charge < -0.3 is 5.11 Å². The van der Waals surface area contributed by atoms with Crippen LogP contribution in [0.4, 0.5) is 22.7 Å². The fraction of sp³-hybridized carbons (Fsp3) is 0. The molecule has 0 saturated heterocycles. The Morgan fingerprint density at radius 3 is 1.76 bits per heavy atom. The van der Waals surface area contributed by atoms with Crippen LogP contribution in [0, 0.1) is 0 Å². The number of aldehydes is 1. The predicted octanol–water partition coefficient (Wildman–Crippen LogP) is 4.53. The number of carbonyl (C=O) groups excluding carboxylic acids is 1. The number of rotatable bonds is 6. The van der Waals surface area contributed by atoms with E-state index in [1.807, 2.05) is 0 Å². The Labute approximate surface area is 176 Å². The predicted molar refractivity (Wildman–Crippen MR) is 114 cm³/mol. The molecule has 0 aliphatic rings. The number of carboxylic acid groups (broad SMARTS) is 1. The van der Waals surface area contributed by atoms with Crippen LogP contribution in [-0.2, 0) is 0 Å². The number of carboxylic acids is 1. The molecule has 0 heterocycles. The topological polar surface area (TPSA) is 113 Å². The van der Waals surface area contributed by atoms with E-state index in [0.29, 0.717) is 27.7 Å². The average Bonchev–Trinajstić information content (AvgIpc) is 2.72. The SMILES string of the molecule is NN(c1ccccc1Cl)c1cc(C(=O)O)c(N(N)c2ccccc2Cl)cc1C=O. The minimum atomic E-state index is -1.26. The van der Waals surface area contributed by atoms with Gasteiger partial charge in [-0.2, -0.15) is 0 Å². The van der Waals surface area contributed by atoms with Gasteiger partial charge in [-0.25, -0.2) is 16.5 Å². The van der Waals surface area contributed by atoms with Crippen molar-refractivity contribution in [1.29, 1.82) is 0 Å². The minimum absolute atomic E-state index is 0.0732. The van der Waals surface area contributed by atoms with Gasteiger partial charge in [-0.1, -0.05) is 47.5 Å². The minimum Gasteiger partial charge on any atom is -0.478 e. The van der Waals surface area contributed by atoms with Crippen molar-refractivity contribution in [2.24, 2.45) is 11.7 Å². The second kappa shape index (κ2) is 8.50. The van der Waals surface area contributed by atoms with Crippen molar-refractivity contribution in [3.63, 3.8) is 0 Å². The summed E-state index contributed by atoms with van der Waals surface area (Å²) in [6.45, 7) is 0. The monoisotopic (exact) mass is 430 g/mol. The first-order valence-corrected chi connectivity index (χ1v) is 9.06. The van der Waals surface area contributed by atoms with E-state index in [9.17, 15) is 14.7 Å². The highest BCUT2D eigenvalue weighted by Gasteiger charge is 2.23. The molecule has 0 aliphatic heterocycles. The highest BCUT2D eigenvalue weighted by Crippen LogP contribution is 2.37. The molecule has 3 aromatic carbocycles. The molecule has 0 aromatic heterocycles. The average molecular weight is 431 g/mol. The maximum absolute atomic E-state index is 11.9. The van der Waals surface area contributed by atoms with Crippen LogP contribution in [0.2, 0.25) is 10.0 Å². The highest BCUT2D eigenvalue weighted by atomic mass is 35.5. The van der Waals surface area contributed by atoms with E-state index in [1.165, 1.54) is 12.1 Å². The van der Waals surface area contributed by atoms with Crippen molar-refractivity contribution in [3.8, 4) is 0 Å². The number of aromatic carboxylic acids is 1. The third kappa shape index (κ3) is 4.03. The van der Waals surface area contributed by atoms with Crippen LogP contribution >= 0.6 is 23.2 Å². The van der Waals surface area contributed by atoms with E-state index in [-0.39, 0.29) is 22.5 Å². The summed E-state index contributed by atoms with van der Waals surface area (Å²) in [5.74, 6) is 11.0. The zero-order valence-electron chi connectivity index (χ0n) is 14.9. The fourth-order valence-corrected chi connectivity index (χ4v) is 3.27. The third-order valence-electron chi connectivity index (χ3n) is 4.25. The molecule has 0 bridgehead atoms. The second-order valence-corrected chi connectivity index (χ2v) is 6.81. The molecule has 7 nitrogen and oxygen atoms in total. The summed E-state index contributed by atoms with van der Waals surface area (Å²) < 4.78 is 0. The standard InChI is InChI=1S/C20H16Cl2N4O3/c21-14-5-1-3-7-16(14)25(23)18-10-13(20(28)29)19(9-12(18)11-27)26(24)17-8-4-2-6-15(17)22/h1-11H,23-24H2,(H,28,29). The molecule has 5 N–H and O–H groups in total. The van der Waals surface area contributed by atoms with E-state index in [4.69, 9.17) is 34.9 Å². The molecule has 0 fully saturated rings. The van der Waals surface area contributed by atoms with Gasteiger partial charge in [0.2, 0.25) is 0 Å². The van der Waals surface area contributed by atoms with Crippen LogP contribution in [-0.4, -0.2) is 17.4 Å². The molecule has 0 atom stereocenters. The number of para-hydroxylation sites is 2. The fourth-order valence-electron chi connectivity index (χ4n) is 2.82. The lowest BCUT2D eigenvalue weighted by molar-refractivity contribution is 0.0697. The number of carbonyl (C=O) groups is 2. The molecule has 3 rings (SSSR count). The Bertz CT molecular complexity index is 1090. The van der Waals surface area contributed by atoms with Crippen LogP contribution in [0.5, 0.6) is 0 Å². The van der Waals surface area contributed by atoms with E-state index in [1.54, 1.807) is 48.5 Å². The van der Waals surface area contributed by atoms with Crippen LogP contribution in [0.15, 0.2) is 60.7 Å². The summed E-state index contributed by atoms with van der Waals surface area (Å²) in [5, 5.41) is 12.7. The number of hydrogen-bond donors (Lipinski definition) is 3. The van der Waals surface area contributed by atoms with Crippen molar-refractivity contribution in [1.82, 2.24) is 0 Å².